The van der Waals surface area contributed by atoms with Crippen molar-refractivity contribution in [1.82, 2.24) is 4.90 Å². The molecule has 0 aromatic carbocycles. The van der Waals surface area contributed by atoms with Gasteiger partial charge in [0.15, 0.2) is 0 Å². The van der Waals surface area contributed by atoms with E-state index in [4.69, 9.17) is 0 Å². The van der Waals surface area contributed by atoms with E-state index in [0.717, 1.165) is 5.92 Å². The maximum atomic E-state index is 2.26. The van der Waals surface area contributed by atoms with Crippen LogP contribution in [-0.2, 0) is 0 Å². The summed E-state index contributed by atoms with van der Waals surface area (Å²) in [6.45, 7) is 4.90. The molecule has 0 bridgehead atoms. The second-order valence-electron chi connectivity index (χ2n) is 3.15. The Kier molecular flexibility index (Phi) is 2.52. The Morgan fingerprint density at radius 2 is 1.78 bits per heavy atom. The molecule has 1 aliphatic carbocycles. The first-order chi connectivity index (χ1) is 4.33. The zero-order valence-electron chi connectivity index (χ0n) is 6.56. The van der Waals surface area contributed by atoms with Gasteiger partial charge >= 0.3 is 0 Å². The van der Waals surface area contributed by atoms with Crippen LogP contribution in [0, 0.1) is 5.92 Å². The van der Waals surface area contributed by atoms with E-state index in [-0.39, 0.29) is 0 Å². The molecule has 2 aliphatic rings. The van der Waals surface area contributed by atoms with E-state index in [0.29, 0.717) is 0 Å². The van der Waals surface area contributed by atoms with Crippen molar-refractivity contribution in [2.24, 2.45) is 5.92 Å². The molecule has 0 amide bonds. The molecule has 0 unspecified atom stereocenters. The van der Waals surface area contributed by atoms with Crippen LogP contribution in [0.4, 0.5) is 0 Å². The van der Waals surface area contributed by atoms with E-state index >= 15 is 0 Å². The Labute approximate surface area is 58.0 Å². The molecular weight excluding hydrogens is 110 g/mol. The second kappa shape index (κ2) is 3.21. The van der Waals surface area contributed by atoms with Crippen molar-refractivity contribution in [3.05, 3.63) is 0 Å². The van der Waals surface area contributed by atoms with Crippen LogP contribution >= 0.6 is 0 Å². The SMILES string of the molecule is CCC1CC1.CN1CC1. The smallest absolute Gasteiger partial charge is 0.0107 e. The standard InChI is InChI=1S/C5H10.C3H7N/c1-2-5-3-4-5;1-4-2-3-4/h5H,2-4H2,1H3;2-3H2,1H3. The Bertz CT molecular complexity index is 72.6. The minimum atomic E-state index is 1.13. The van der Waals surface area contributed by atoms with Crippen LogP contribution in [0.1, 0.15) is 26.2 Å². The van der Waals surface area contributed by atoms with Crippen molar-refractivity contribution >= 4 is 0 Å². The zero-order chi connectivity index (χ0) is 6.69. The maximum absolute atomic E-state index is 2.26. The average Bonchev–Trinajstić information content (AvgIpc) is 2.57. The Morgan fingerprint density at radius 1 is 1.33 bits per heavy atom. The van der Waals surface area contributed by atoms with Gasteiger partial charge in [0.2, 0.25) is 0 Å². The highest BCUT2D eigenvalue weighted by molar-refractivity contribution is 4.69. The summed E-state index contributed by atoms with van der Waals surface area (Å²) in [4.78, 5) is 2.25. The lowest BCUT2D eigenvalue weighted by Gasteiger charge is -1.72. The van der Waals surface area contributed by atoms with Gasteiger partial charge in [-0.1, -0.05) is 26.2 Å². The van der Waals surface area contributed by atoms with Gasteiger partial charge in [0.25, 0.3) is 0 Å². The van der Waals surface area contributed by atoms with Crippen molar-refractivity contribution in [3.8, 4) is 0 Å². The topological polar surface area (TPSA) is 3.01 Å². The minimum Gasteiger partial charge on any atom is -0.304 e. The monoisotopic (exact) mass is 127 g/mol. The van der Waals surface area contributed by atoms with Crippen LogP contribution in [0.25, 0.3) is 0 Å². The van der Waals surface area contributed by atoms with Crippen molar-refractivity contribution in [2.75, 3.05) is 20.1 Å². The second-order valence-corrected chi connectivity index (χ2v) is 3.15. The lowest BCUT2D eigenvalue weighted by molar-refractivity contribution is 0.698. The van der Waals surface area contributed by atoms with Gasteiger partial charge in [0, 0.05) is 13.1 Å². The summed E-state index contributed by atoms with van der Waals surface area (Å²) in [5.74, 6) is 1.13. The predicted octanol–water partition coefficient (Wildman–Crippen LogP) is 1.74. The van der Waals surface area contributed by atoms with Gasteiger partial charge in [0.05, 0.1) is 0 Å². The largest absolute Gasteiger partial charge is 0.304 e. The molecule has 0 spiro atoms. The summed E-state index contributed by atoms with van der Waals surface area (Å²) in [7, 11) is 2.11. The lowest BCUT2D eigenvalue weighted by Crippen LogP contribution is -1.75. The third kappa shape index (κ3) is 4.46. The summed E-state index contributed by atoms with van der Waals surface area (Å²) in [6, 6.07) is 0. The first-order valence-corrected chi connectivity index (χ1v) is 4.01. The van der Waals surface area contributed by atoms with E-state index < -0.39 is 0 Å². The van der Waals surface area contributed by atoms with Crippen LogP contribution in [0.5, 0.6) is 0 Å². The van der Waals surface area contributed by atoms with E-state index in [1.165, 1.54) is 32.4 Å². The first kappa shape index (κ1) is 7.07. The zero-order valence-corrected chi connectivity index (χ0v) is 6.56. The van der Waals surface area contributed by atoms with E-state index in [1.54, 1.807) is 0 Å². The Morgan fingerprint density at radius 3 is 1.78 bits per heavy atom. The molecular formula is C8H17N. The van der Waals surface area contributed by atoms with Crippen LogP contribution in [-0.4, -0.2) is 25.0 Å². The van der Waals surface area contributed by atoms with Crippen LogP contribution < -0.4 is 0 Å². The summed E-state index contributed by atoms with van der Waals surface area (Å²) in [6.07, 6.45) is 4.44. The fourth-order valence-electron chi connectivity index (χ4n) is 0.626. The molecule has 0 aromatic rings. The molecule has 1 heterocycles. The van der Waals surface area contributed by atoms with Gasteiger partial charge in [-0.2, -0.15) is 0 Å². The van der Waals surface area contributed by atoms with Crippen molar-refractivity contribution in [3.63, 3.8) is 0 Å². The molecule has 0 atom stereocenters. The minimum absolute atomic E-state index is 1.13. The molecule has 1 heteroatoms. The van der Waals surface area contributed by atoms with Gasteiger partial charge in [-0.05, 0) is 13.0 Å². The van der Waals surface area contributed by atoms with Crippen LogP contribution in [0.15, 0.2) is 0 Å². The Balaban J connectivity index is 0.0000000922. The lowest BCUT2D eigenvalue weighted by atomic mass is 10.3. The van der Waals surface area contributed by atoms with E-state index in [2.05, 4.69) is 18.9 Å². The quantitative estimate of drug-likeness (QED) is 0.485. The van der Waals surface area contributed by atoms with E-state index in [9.17, 15) is 0 Å². The number of hydrogen-bond donors (Lipinski definition) is 0. The summed E-state index contributed by atoms with van der Waals surface area (Å²) < 4.78 is 0. The molecule has 2 fully saturated rings. The highest BCUT2D eigenvalue weighted by Gasteiger charge is 2.17. The van der Waals surface area contributed by atoms with Gasteiger partial charge < -0.3 is 4.90 Å². The molecule has 1 saturated heterocycles. The normalized spacial score (nSPS) is 24.7. The molecule has 9 heavy (non-hydrogen) atoms. The number of nitrogens with zero attached hydrogens (tertiary/aromatic N) is 1. The number of likely N-dealkylation sites (N-methyl/N-ethyl adjacent to an activating group) is 1. The highest BCUT2D eigenvalue weighted by atomic mass is 15.2. The van der Waals surface area contributed by atoms with Gasteiger partial charge in [-0.25, -0.2) is 0 Å². The van der Waals surface area contributed by atoms with Gasteiger partial charge in [0.1, 0.15) is 0 Å². The first-order valence-electron chi connectivity index (χ1n) is 4.01. The maximum Gasteiger partial charge on any atom is 0.0107 e. The number of rotatable bonds is 1. The van der Waals surface area contributed by atoms with Gasteiger partial charge in [-0.3, -0.25) is 0 Å². The summed E-state index contributed by atoms with van der Waals surface area (Å²) in [5.41, 5.74) is 0. The molecule has 0 N–H and O–H groups in total. The number of hydrogen-bond acceptors (Lipinski definition) is 1. The fourth-order valence-corrected chi connectivity index (χ4v) is 0.626. The van der Waals surface area contributed by atoms with Gasteiger partial charge in [-0.15, -0.1) is 0 Å². The molecule has 1 aliphatic heterocycles. The molecule has 0 aromatic heterocycles. The van der Waals surface area contributed by atoms with E-state index in [1.807, 2.05) is 0 Å². The summed E-state index contributed by atoms with van der Waals surface area (Å²) in [5, 5.41) is 0. The van der Waals surface area contributed by atoms with Crippen LogP contribution in [0.2, 0.25) is 0 Å². The highest BCUT2D eigenvalue weighted by Crippen LogP contribution is 2.31. The third-order valence-corrected chi connectivity index (χ3v) is 1.95. The van der Waals surface area contributed by atoms with Crippen LogP contribution in [0.3, 0.4) is 0 Å². The molecule has 1 saturated carbocycles. The summed E-state index contributed by atoms with van der Waals surface area (Å²) >= 11 is 0. The molecule has 1 nitrogen and oxygen atoms in total. The van der Waals surface area contributed by atoms with Crippen molar-refractivity contribution < 1.29 is 0 Å². The fraction of sp³-hybridized carbons (Fsp3) is 1.00. The third-order valence-electron chi connectivity index (χ3n) is 1.95. The molecule has 54 valence electrons. The predicted molar refractivity (Wildman–Crippen MR) is 40.5 cm³/mol. The molecule has 0 radical (unpaired) electrons. The Hall–Kier alpha value is -0.0400. The average molecular weight is 127 g/mol. The van der Waals surface area contributed by atoms with Crippen molar-refractivity contribution in [2.45, 2.75) is 26.2 Å². The van der Waals surface area contributed by atoms with Crippen molar-refractivity contribution in [1.29, 1.82) is 0 Å². The molecule has 2 rings (SSSR count).